The van der Waals surface area contributed by atoms with E-state index in [1.165, 1.54) is 18.2 Å². The van der Waals surface area contributed by atoms with Gasteiger partial charge in [0.25, 0.3) is 5.56 Å². The molecule has 1 fully saturated rings. The molecule has 1 atom stereocenters. The predicted octanol–water partition coefficient (Wildman–Crippen LogP) is 3.69. The summed E-state index contributed by atoms with van der Waals surface area (Å²) in [5, 5.41) is 1.30. The third-order valence-corrected chi connectivity index (χ3v) is 5.97. The van der Waals surface area contributed by atoms with Gasteiger partial charge in [0.2, 0.25) is 5.91 Å². The molecule has 1 aliphatic rings. The van der Waals surface area contributed by atoms with Crippen LogP contribution in [0.3, 0.4) is 0 Å². The SMILES string of the molecule is CCCCn1c(SCC(=O)N2CCCCC2C)nc2ccccc2c1=O. The Kier molecular flexibility index (Phi) is 6.35. The fourth-order valence-electron chi connectivity index (χ4n) is 3.45. The van der Waals surface area contributed by atoms with Gasteiger partial charge in [0, 0.05) is 19.1 Å². The Balaban J connectivity index is 1.83. The number of amides is 1. The second-order valence-electron chi connectivity index (χ2n) is 6.94. The number of carbonyl (C=O) groups is 1. The molecule has 1 aliphatic heterocycles. The molecule has 0 N–H and O–H groups in total. The first-order valence-electron chi connectivity index (χ1n) is 9.53. The minimum absolute atomic E-state index is 0.00894. The van der Waals surface area contributed by atoms with Gasteiger partial charge in [0.15, 0.2) is 5.16 Å². The lowest BCUT2D eigenvalue weighted by molar-refractivity contribution is -0.131. The van der Waals surface area contributed by atoms with Crippen LogP contribution >= 0.6 is 11.8 Å². The number of fused-ring (bicyclic) bond motifs is 1. The van der Waals surface area contributed by atoms with Crippen molar-refractivity contribution >= 4 is 28.6 Å². The fourth-order valence-corrected chi connectivity index (χ4v) is 4.36. The molecule has 1 amide bonds. The van der Waals surface area contributed by atoms with E-state index in [-0.39, 0.29) is 11.5 Å². The molecule has 1 aromatic carbocycles. The van der Waals surface area contributed by atoms with Crippen molar-refractivity contribution in [3.63, 3.8) is 0 Å². The molecule has 0 bridgehead atoms. The van der Waals surface area contributed by atoms with Crippen molar-refractivity contribution in [1.82, 2.24) is 14.5 Å². The molecule has 1 aromatic heterocycles. The molecule has 0 saturated carbocycles. The maximum atomic E-state index is 12.9. The molecule has 2 heterocycles. The van der Waals surface area contributed by atoms with Crippen LogP contribution in [0, 0.1) is 0 Å². The van der Waals surface area contributed by atoms with Crippen molar-refractivity contribution in [2.24, 2.45) is 0 Å². The number of piperidine rings is 1. The van der Waals surface area contributed by atoms with E-state index in [0.29, 0.717) is 34.4 Å². The van der Waals surface area contributed by atoms with Crippen LogP contribution in [0.25, 0.3) is 10.9 Å². The number of hydrogen-bond acceptors (Lipinski definition) is 4. The van der Waals surface area contributed by atoms with E-state index in [1.54, 1.807) is 4.57 Å². The summed E-state index contributed by atoms with van der Waals surface area (Å²) in [6.45, 7) is 5.71. The number of thioether (sulfide) groups is 1. The summed E-state index contributed by atoms with van der Waals surface area (Å²) in [6.07, 6.45) is 5.28. The van der Waals surface area contributed by atoms with Crippen LogP contribution in [0.5, 0.6) is 0 Å². The molecule has 1 unspecified atom stereocenters. The molecule has 6 heteroatoms. The number of nitrogens with zero attached hydrogens (tertiary/aromatic N) is 3. The number of benzene rings is 1. The molecule has 3 rings (SSSR count). The van der Waals surface area contributed by atoms with E-state index in [0.717, 1.165) is 32.2 Å². The fraction of sp³-hybridized carbons (Fsp3) is 0.550. The molecular formula is C20H27N3O2S. The Hall–Kier alpha value is -1.82. The number of aromatic nitrogens is 2. The van der Waals surface area contributed by atoms with Gasteiger partial charge < -0.3 is 4.90 Å². The third kappa shape index (κ3) is 4.11. The highest BCUT2D eigenvalue weighted by Crippen LogP contribution is 2.22. The number of para-hydroxylation sites is 1. The van der Waals surface area contributed by atoms with Gasteiger partial charge in [-0.15, -0.1) is 0 Å². The first-order chi connectivity index (χ1) is 12.6. The summed E-state index contributed by atoms with van der Waals surface area (Å²) in [4.78, 5) is 32.2. The zero-order chi connectivity index (χ0) is 18.5. The van der Waals surface area contributed by atoms with Gasteiger partial charge in [-0.3, -0.25) is 14.2 Å². The molecule has 1 saturated heterocycles. The summed E-state index contributed by atoms with van der Waals surface area (Å²) in [5.74, 6) is 0.480. The number of unbranched alkanes of at least 4 members (excludes halogenated alkanes) is 1. The van der Waals surface area contributed by atoms with Gasteiger partial charge in [-0.25, -0.2) is 4.98 Å². The second-order valence-corrected chi connectivity index (χ2v) is 7.88. The van der Waals surface area contributed by atoms with Crippen LogP contribution in [0.1, 0.15) is 46.0 Å². The highest BCUT2D eigenvalue weighted by atomic mass is 32.2. The number of rotatable bonds is 6. The van der Waals surface area contributed by atoms with E-state index in [2.05, 4.69) is 18.8 Å². The van der Waals surface area contributed by atoms with Crippen molar-refractivity contribution in [2.45, 2.75) is 63.7 Å². The molecule has 0 aliphatic carbocycles. The van der Waals surface area contributed by atoms with Crippen molar-refractivity contribution in [2.75, 3.05) is 12.3 Å². The average molecular weight is 374 g/mol. The van der Waals surface area contributed by atoms with Crippen molar-refractivity contribution < 1.29 is 4.79 Å². The van der Waals surface area contributed by atoms with E-state index < -0.39 is 0 Å². The summed E-state index contributed by atoms with van der Waals surface area (Å²) >= 11 is 1.39. The molecule has 26 heavy (non-hydrogen) atoms. The molecule has 140 valence electrons. The standard InChI is InChI=1S/C20H27N3O2S/c1-3-4-12-23-19(25)16-10-5-6-11-17(16)21-20(23)26-14-18(24)22-13-8-7-9-15(22)2/h5-6,10-11,15H,3-4,7-9,12-14H2,1-2H3. The number of hydrogen-bond donors (Lipinski definition) is 0. The topological polar surface area (TPSA) is 55.2 Å². The van der Waals surface area contributed by atoms with Crippen LogP contribution in [-0.2, 0) is 11.3 Å². The van der Waals surface area contributed by atoms with Crippen LogP contribution in [-0.4, -0.2) is 38.7 Å². The van der Waals surface area contributed by atoms with Gasteiger partial charge in [-0.2, -0.15) is 0 Å². The summed E-state index contributed by atoms with van der Waals surface area (Å²) in [5.41, 5.74) is 0.692. The van der Waals surface area contributed by atoms with Crippen molar-refractivity contribution in [1.29, 1.82) is 0 Å². The van der Waals surface area contributed by atoms with E-state index in [1.807, 2.05) is 29.2 Å². The van der Waals surface area contributed by atoms with Crippen LogP contribution < -0.4 is 5.56 Å². The van der Waals surface area contributed by atoms with Crippen molar-refractivity contribution in [3.8, 4) is 0 Å². The van der Waals surface area contributed by atoms with Gasteiger partial charge in [0.05, 0.1) is 16.7 Å². The smallest absolute Gasteiger partial charge is 0.262 e. The highest BCUT2D eigenvalue weighted by molar-refractivity contribution is 7.99. The Morgan fingerprint density at radius 3 is 2.88 bits per heavy atom. The largest absolute Gasteiger partial charge is 0.339 e. The van der Waals surface area contributed by atoms with Crippen LogP contribution in [0.15, 0.2) is 34.2 Å². The Bertz CT molecular complexity index is 833. The zero-order valence-corrected chi connectivity index (χ0v) is 16.4. The molecular weight excluding hydrogens is 346 g/mol. The van der Waals surface area contributed by atoms with Crippen LogP contribution in [0.4, 0.5) is 0 Å². The summed E-state index contributed by atoms with van der Waals surface area (Å²) < 4.78 is 1.74. The first kappa shape index (κ1) is 19.0. The predicted molar refractivity (Wildman–Crippen MR) is 107 cm³/mol. The Morgan fingerprint density at radius 2 is 2.12 bits per heavy atom. The van der Waals surface area contributed by atoms with E-state index >= 15 is 0 Å². The lowest BCUT2D eigenvalue weighted by Crippen LogP contribution is -2.43. The van der Waals surface area contributed by atoms with Crippen LogP contribution in [0.2, 0.25) is 0 Å². The Labute approximate surface area is 158 Å². The summed E-state index contributed by atoms with van der Waals surface area (Å²) in [6, 6.07) is 7.74. The summed E-state index contributed by atoms with van der Waals surface area (Å²) in [7, 11) is 0. The monoisotopic (exact) mass is 373 g/mol. The molecule has 5 nitrogen and oxygen atoms in total. The zero-order valence-electron chi connectivity index (χ0n) is 15.6. The lowest BCUT2D eigenvalue weighted by Gasteiger charge is -2.33. The second kappa shape index (κ2) is 8.71. The molecule has 0 radical (unpaired) electrons. The minimum atomic E-state index is -0.00894. The Morgan fingerprint density at radius 1 is 1.31 bits per heavy atom. The maximum Gasteiger partial charge on any atom is 0.262 e. The normalized spacial score (nSPS) is 17.6. The number of carbonyl (C=O) groups excluding carboxylic acids is 1. The quantitative estimate of drug-likeness (QED) is 0.572. The maximum absolute atomic E-state index is 12.9. The van der Waals surface area contributed by atoms with Gasteiger partial charge in [-0.05, 0) is 44.7 Å². The highest BCUT2D eigenvalue weighted by Gasteiger charge is 2.23. The average Bonchev–Trinajstić information content (AvgIpc) is 2.66. The van der Waals surface area contributed by atoms with Gasteiger partial charge in [-0.1, -0.05) is 37.2 Å². The van der Waals surface area contributed by atoms with E-state index in [4.69, 9.17) is 0 Å². The number of likely N-dealkylation sites (tertiary alicyclic amines) is 1. The molecule has 2 aromatic rings. The van der Waals surface area contributed by atoms with Gasteiger partial charge in [0.1, 0.15) is 0 Å². The van der Waals surface area contributed by atoms with Gasteiger partial charge >= 0.3 is 0 Å². The lowest BCUT2D eigenvalue weighted by atomic mass is 10.0. The third-order valence-electron chi connectivity index (χ3n) is 5.01. The first-order valence-corrected chi connectivity index (χ1v) is 10.5. The van der Waals surface area contributed by atoms with E-state index in [9.17, 15) is 9.59 Å². The molecule has 0 spiro atoms. The van der Waals surface area contributed by atoms with Crippen molar-refractivity contribution in [3.05, 3.63) is 34.6 Å². The minimum Gasteiger partial charge on any atom is -0.339 e.